The molecule has 3 atom stereocenters. The van der Waals surface area contributed by atoms with Gasteiger partial charge in [0.25, 0.3) is 0 Å². The molecule has 0 radical (unpaired) electrons. The number of imidazole rings is 1. The lowest BCUT2D eigenvalue weighted by Gasteiger charge is -2.12. The summed E-state index contributed by atoms with van der Waals surface area (Å²) in [7, 11) is 0. The zero-order valence-corrected chi connectivity index (χ0v) is 12.7. The van der Waals surface area contributed by atoms with Crippen molar-refractivity contribution in [1.29, 1.82) is 0 Å². The van der Waals surface area contributed by atoms with Crippen LogP contribution in [-0.4, -0.2) is 54.2 Å². The van der Waals surface area contributed by atoms with Crippen molar-refractivity contribution in [1.82, 2.24) is 19.5 Å². The zero-order chi connectivity index (χ0) is 15.7. The third-order valence-corrected chi connectivity index (χ3v) is 5.09. The first-order chi connectivity index (χ1) is 10.6. The fourth-order valence-electron chi connectivity index (χ4n) is 2.49. The van der Waals surface area contributed by atoms with E-state index in [1.807, 2.05) is 4.57 Å². The van der Waals surface area contributed by atoms with Crippen LogP contribution in [0, 0.1) is 0 Å². The van der Waals surface area contributed by atoms with Crippen molar-refractivity contribution in [2.24, 2.45) is 0 Å². The standard InChI is InChI=1S/C13H18N6O2S/c1-2-3-15-11-10-12(18-13(14)17-11)19(6-16-10)9-4-7(21)8(5-20)22-9/h2,6-9,20-21H,1,3-5H2,(H3,14,15,17,18). The number of aliphatic hydroxyl groups is 2. The third-order valence-electron chi connectivity index (χ3n) is 3.55. The van der Waals surface area contributed by atoms with Crippen LogP contribution in [0.2, 0.25) is 0 Å². The minimum absolute atomic E-state index is 0.0429. The predicted octanol–water partition coefficient (Wildman–Crippen LogP) is 0.364. The Morgan fingerprint density at radius 2 is 2.36 bits per heavy atom. The highest BCUT2D eigenvalue weighted by atomic mass is 32.2. The van der Waals surface area contributed by atoms with Gasteiger partial charge < -0.3 is 25.8 Å². The van der Waals surface area contributed by atoms with E-state index in [9.17, 15) is 10.2 Å². The van der Waals surface area contributed by atoms with Crippen LogP contribution in [0.1, 0.15) is 11.8 Å². The Bertz CT molecular complexity index is 690. The van der Waals surface area contributed by atoms with E-state index in [0.29, 0.717) is 29.9 Å². The molecule has 1 aliphatic rings. The molecule has 0 aromatic carbocycles. The van der Waals surface area contributed by atoms with Gasteiger partial charge >= 0.3 is 0 Å². The molecule has 22 heavy (non-hydrogen) atoms. The van der Waals surface area contributed by atoms with Crippen molar-refractivity contribution < 1.29 is 10.2 Å². The Hall–Kier alpha value is -1.84. The van der Waals surface area contributed by atoms with Crippen LogP contribution >= 0.6 is 11.8 Å². The molecule has 9 heteroatoms. The minimum Gasteiger partial charge on any atom is -0.395 e. The van der Waals surface area contributed by atoms with Gasteiger partial charge in [-0.2, -0.15) is 9.97 Å². The minimum atomic E-state index is -0.546. The second-order valence-corrected chi connectivity index (χ2v) is 6.46. The number of rotatable bonds is 5. The highest BCUT2D eigenvalue weighted by molar-refractivity contribution is 8.00. The van der Waals surface area contributed by atoms with Gasteiger partial charge in [-0.05, 0) is 0 Å². The van der Waals surface area contributed by atoms with Crippen molar-refractivity contribution in [3.05, 3.63) is 19.0 Å². The van der Waals surface area contributed by atoms with Crippen molar-refractivity contribution in [3.63, 3.8) is 0 Å². The smallest absolute Gasteiger partial charge is 0.224 e. The maximum absolute atomic E-state index is 9.96. The Balaban J connectivity index is 1.98. The van der Waals surface area contributed by atoms with Crippen LogP contribution in [0.5, 0.6) is 0 Å². The van der Waals surface area contributed by atoms with Gasteiger partial charge in [-0.3, -0.25) is 0 Å². The lowest BCUT2D eigenvalue weighted by Crippen LogP contribution is -2.20. The summed E-state index contributed by atoms with van der Waals surface area (Å²) in [4.78, 5) is 12.8. The summed E-state index contributed by atoms with van der Waals surface area (Å²) in [6.45, 7) is 4.14. The van der Waals surface area contributed by atoms with Gasteiger partial charge in [-0.25, -0.2) is 4.98 Å². The third kappa shape index (κ3) is 2.62. The molecule has 2 aromatic rings. The van der Waals surface area contributed by atoms with Crippen LogP contribution in [0.3, 0.4) is 0 Å². The molecule has 1 aliphatic heterocycles. The lowest BCUT2D eigenvalue weighted by molar-refractivity contribution is 0.138. The number of nitrogens with zero attached hydrogens (tertiary/aromatic N) is 4. The van der Waals surface area contributed by atoms with E-state index in [4.69, 9.17) is 5.73 Å². The number of nitrogen functional groups attached to an aromatic ring is 1. The Labute approximate surface area is 131 Å². The Kier molecular flexibility index (Phi) is 4.19. The van der Waals surface area contributed by atoms with Crippen LogP contribution < -0.4 is 11.1 Å². The van der Waals surface area contributed by atoms with Gasteiger partial charge in [-0.15, -0.1) is 18.3 Å². The van der Waals surface area contributed by atoms with E-state index in [2.05, 4.69) is 26.8 Å². The second kappa shape index (κ2) is 6.11. The zero-order valence-electron chi connectivity index (χ0n) is 11.9. The first-order valence-electron chi connectivity index (χ1n) is 6.93. The average Bonchev–Trinajstić information content (AvgIpc) is 3.07. The summed E-state index contributed by atoms with van der Waals surface area (Å²) in [5, 5.41) is 22.1. The Morgan fingerprint density at radius 1 is 1.55 bits per heavy atom. The lowest BCUT2D eigenvalue weighted by atomic mass is 10.2. The molecule has 3 heterocycles. The normalized spacial score (nSPS) is 24.7. The summed E-state index contributed by atoms with van der Waals surface area (Å²) in [5.41, 5.74) is 7.02. The number of nitrogens with one attached hydrogen (secondary N) is 1. The van der Waals surface area contributed by atoms with E-state index >= 15 is 0 Å². The fourth-order valence-corrected chi connectivity index (χ4v) is 3.86. The molecule has 118 valence electrons. The molecule has 2 aromatic heterocycles. The Morgan fingerprint density at radius 3 is 3.05 bits per heavy atom. The number of hydrogen-bond acceptors (Lipinski definition) is 8. The molecule has 0 spiro atoms. The maximum atomic E-state index is 9.96. The number of thioether (sulfide) groups is 1. The maximum Gasteiger partial charge on any atom is 0.224 e. The molecule has 1 saturated heterocycles. The van der Waals surface area contributed by atoms with E-state index < -0.39 is 6.10 Å². The molecule has 0 amide bonds. The number of nitrogens with two attached hydrogens (primary N) is 1. The van der Waals surface area contributed by atoms with Crippen LogP contribution in [0.4, 0.5) is 11.8 Å². The van der Waals surface area contributed by atoms with Gasteiger partial charge in [0.1, 0.15) is 0 Å². The number of aliphatic hydroxyl groups excluding tert-OH is 2. The van der Waals surface area contributed by atoms with Crippen molar-refractivity contribution >= 4 is 34.7 Å². The molecular formula is C13H18N6O2S. The molecular weight excluding hydrogens is 304 g/mol. The van der Waals surface area contributed by atoms with Crippen molar-refractivity contribution in [2.45, 2.75) is 23.1 Å². The number of hydrogen-bond donors (Lipinski definition) is 4. The van der Waals surface area contributed by atoms with Crippen LogP contribution in [0.25, 0.3) is 11.2 Å². The molecule has 5 N–H and O–H groups in total. The van der Waals surface area contributed by atoms with E-state index in [1.165, 1.54) is 11.8 Å². The largest absolute Gasteiger partial charge is 0.395 e. The first kappa shape index (κ1) is 15.1. The van der Waals surface area contributed by atoms with Gasteiger partial charge in [-0.1, -0.05) is 6.08 Å². The summed E-state index contributed by atoms with van der Waals surface area (Å²) < 4.78 is 1.87. The molecule has 1 fully saturated rings. The van der Waals surface area contributed by atoms with Gasteiger partial charge in [0.15, 0.2) is 17.0 Å². The van der Waals surface area contributed by atoms with Crippen LogP contribution in [-0.2, 0) is 0 Å². The highest BCUT2D eigenvalue weighted by Crippen LogP contribution is 2.42. The molecule has 3 rings (SSSR count). The first-order valence-corrected chi connectivity index (χ1v) is 7.87. The fraction of sp³-hybridized carbons (Fsp3) is 0.462. The monoisotopic (exact) mass is 322 g/mol. The topological polar surface area (TPSA) is 122 Å². The number of aromatic nitrogens is 4. The highest BCUT2D eigenvalue weighted by Gasteiger charge is 2.35. The second-order valence-electron chi connectivity index (χ2n) is 5.04. The molecule has 8 nitrogen and oxygen atoms in total. The summed E-state index contributed by atoms with van der Waals surface area (Å²) >= 11 is 1.51. The SMILES string of the molecule is C=CCNc1nc(N)nc2c1ncn2C1CC(O)C(CO)S1. The van der Waals surface area contributed by atoms with Crippen molar-refractivity contribution in [2.75, 3.05) is 24.2 Å². The molecule has 3 unspecified atom stereocenters. The van der Waals surface area contributed by atoms with Gasteiger partial charge in [0.05, 0.1) is 29.7 Å². The summed E-state index contributed by atoms with van der Waals surface area (Å²) in [5.74, 6) is 0.714. The van der Waals surface area contributed by atoms with Crippen LogP contribution in [0.15, 0.2) is 19.0 Å². The van der Waals surface area contributed by atoms with E-state index in [0.717, 1.165) is 0 Å². The molecule has 0 bridgehead atoms. The predicted molar refractivity (Wildman–Crippen MR) is 86.5 cm³/mol. The molecule has 0 saturated carbocycles. The summed E-state index contributed by atoms with van der Waals surface area (Å²) in [6.07, 6.45) is 3.37. The summed E-state index contributed by atoms with van der Waals surface area (Å²) in [6, 6.07) is 0. The van der Waals surface area contributed by atoms with Gasteiger partial charge in [0.2, 0.25) is 5.95 Å². The average molecular weight is 322 g/mol. The van der Waals surface area contributed by atoms with E-state index in [1.54, 1.807) is 12.4 Å². The van der Waals surface area contributed by atoms with Crippen molar-refractivity contribution in [3.8, 4) is 0 Å². The van der Waals surface area contributed by atoms with E-state index in [-0.39, 0.29) is 23.2 Å². The number of fused-ring (bicyclic) bond motifs is 1. The molecule has 0 aliphatic carbocycles. The number of anilines is 2. The van der Waals surface area contributed by atoms with Gasteiger partial charge in [0, 0.05) is 13.0 Å². The quantitative estimate of drug-likeness (QED) is 0.582.